The van der Waals surface area contributed by atoms with Crippen LogP contribution in [-0.4, -0.2) is 58.0 Å². The third kappa shape index (κ3) is 7.25. The lowest BCUT2D eigenvalue weighted by molar-refractivity contribution is -0.142. The first-order valence-electron chi connectivity index (χ1n) is 10.6. The summed E-state index contributed by atoms with van der Waals surface area (Å²) < 4.78 is 6.21. The number of anilines is 1. The minimum absolute atomic E-state index is 0.0823. The summed E-state index contributed by atoms with van der Waals surface area (Å²) in [4.78, 5) is 62.3. The first kappa shape index (κ1) is 26.7. The summed E-state index contributed by atoms with van der Waals surface area (Å²) in [6.07, 6.45) is 6.22. The lowest BCUT2D eigenvalue weighted by Crippen LogP contribution is -2.52. The molecule has 0 unspecified atom stereocenters. The van der Waals surface area contributed by atoms with Crippen molar-refractivity contribution in [1.82, 2.24) is 20.3 Å². The number of pyridine rings is 1. The molecule has 0 radical (unpaired) electrons. The van der Waals surface area contributed by atoms with Crippen LogP contribution in [0, 0.1) is 18.3 Å². The highest BCUT2D eigenvalue weighted by molar-refractivity contribution is 6.27. The normalized spacial score (nSPS) is 16.1. The fourth-order valence-corrected chi connectivity index (χ4v) is 3.37. The third-order valence-electron chi connectivity index (χ3n) is 4.79. The lowest BCUT2D eigenvalue weighted by atomic mass is 10.1. The van der Waals surface area contributed by atoms with E-state index < -0.39 is 46.9 Å². The van der Waals surface area contributed by atoms with Crippen molar-refractivity contribution in [3.05, 3.63) is 28.7 Å². The van der Waals surface area contributed by atoms with Gasteiger partial charge >= 0.3 is 6.09 Å². The molecule has 0 aliphatic carbocycles. The van der Waals surface area contributed by atoms with Gasteiger partial charge in [-0.25, -0.2) is 4.79 Å². The largest absolute Gasteiger partial charge is 0.444 e. The zero-order chi connectivity index (χ0) is 25.5. The van der Waals surface area contributed by atoms with Gasteiger partial charge in [0.1, 0.15) is 23.2 Å². The van der Waals surface area contributed by atoms with Gasteiger partial charge in [-0.15, -0.1) is 23.9 Å². The number of aromatic nitrogens is 1. The van der Waals surface area contributed by atoms with Crippen molar-refractivity contribution in [1.29, 1.82) is 0 Å². The van der Waals surface area contributed by atoms with Crippen LogP contribution in [0.5, 0.6) is 0 Å². The zero-order valence-corrected chi connectivity index (χ0v) is 20.0. The SMILES string of the molecule is C#CC[C@@H](C(=O)NN(C[C@@H]1CCNC1=O)C(=O)CCl)n1cccc(NC(=O)OC(C)(C)C)c1=O. The van der Waals surface area contributed by atoms with E-state index in [0.717, 1.165) is 9.58 Å². The number of ether oxygens (including phenoxy) is 1. The number of alkyl halides is 1. The number of halogens is 1. The van der Waals surface area contributed by atoms with Gasteiger partial charge in [0.25, 0.3) is 17.4 Å². The van der Waals surface area contributed by atoms with E-state index in [1.54, 1.807) is 20.8 Å². The summed E-state index contributed by atoms with van der Waals surface area (Å²) in [5.41, 5.74) is 0.829. The summed E-state index contributed by atoms with van der Waals surface area (Å²) in [6.45, 7) is 5.40. The van der Waals surface area contributed by atoms with E-state index in [2.05, 4.69) is 22.0 Å². The van der Waals surface area contributed by atoms with E-state index in [4.69, 9.17) is 22.8 Å². The Morgan fingerprint density at radius 2 is 2.09 bits per heavy atom. The molecule has 0 bridgehead atoms. The van der Waals surface area contributed by atoms with E-state index in [0.29, 0.717) is 13.0 Å². The maximum Gasteiger partial charge on any atom is 0.412 e. The maximum absolute atomic E-state index is 13.1. The number of hydrogen-bond donors (Lipinski definition) is 3. The van der Waals surface area contributed by atoms with Gasteiger partial charge in [-0.1, -0.05) is 0 Å². The molecule has 1 aliphatic rings. The molecule has 2 heterocycles. The second-order valence-electron chi connectivity index (χ2n) is 8.58. The second kappa shape index (κ2) is 11.6. The average Bonchev–Trinajstić information content (AvgIpc) is 3.15. The number of terminal acetylenes is 1. The van der Waals surface area contributed by atoms with Crippen LogP contribution in [0.1, 0.15) is 39.7 Å². The number of nitrogens with one attached hydrogen (secondary N) is 3. The minimum atomic E-state index is -1.21. The van der Waals surface area contributed by atoms with Crippen LogP contribution in [0.15, 0.2) is 23.1 Å². The van der Waals surface area contributed by atoms with Crippen molar-refractivity contribution in [2.45, 2.75) is 45.3 Å². The smallest absolute Gasteiger partial charge is 0.412 e. The summed E-state index contributed by atoms with van der Waals surface area (Å²) >= 11 is 5.67. The zero-order valence-electron chi connectivity index (χ0n) is 19.2. The lowest BCUT2D eigenvalue weighted by Gasteiger charge is -2.27. The Labute approximate surface area is 202 Å². The molecule has 12 heteroatoms. The standard InChI is InChI=1S/C22H28ClN5O6/c1-5-7-16(19(31)26-28(17(29)12-23)13-14-9-10-24-18(14)30)27-11-6-8-15(20(27)32)25-21(33)34-22(2,3)4/h1,6,8,11,14,16H,7,9-10,12-13H2,2-4H3,(H,24,30)(H,25,33)(H,26,31)/t14-,16-/m0/s1. The van der Waals surface area contributed by atoms with Gasteiger partial charge in [0.2, 0.25) is 5.91 Å². The Balaban J connectivity index is 2.26. The number of carbonyl (C=O) groups excluding carboxylic acids is 4. The molecule has 0 saturated carbocycles. The van der Waals surface area contributed by atoms with Gasteiger partial charge < -0.3 is 14.6 Å². The van der Waals surface area contributed by atoms with Gasteiger partial charge in [0.05, 0.1) is 12.5 Å². The molecular formula is C22H28ClN5O6. The molecule has 34 heavy (non-hydrogen) atoms. The molecule has 0 spiro atoms. The van der Waals surface area contributed by atoms with Gasteiger partial charge in [-0.05, 0) is 39.3 Å². The topological polar surface area (TPSA) is 139 Å². The Bertz CT molecular complexity index is 1040. The molecule has 3 N–H and O–H groups in total. The van der Waals surface area contributed by atoms with Gasteiger partial charge in [-0.2, -0.15) is 0 Å². The van der Waals surface area contributed by atoms with Crippen LogP contribution >= 0.6 is 11.6 Å². The maximum atomic E-state index is 13.1. The molecule has 1 saturated heterocycles. The number of rotatable bonds is 7. The van der Waals surface area contributed by atoms with Crippen LogP contribution in [-0.2, 0) is 19.1 Å². The van der Waals surface area contributed by atoms with Gasteiger partial charge in [0, 0.05) is 19.2 Å². The highest BCUT2D eigenvalue weighted by Gasteiger charge is 2.31. The highest BCUT2D eigenvalue weighted by atomic mass is 35.5. The Hall–Kier alpha value is -3.52. The number of hydrazine groups is 1. The van der Waals surface area contributed by atoms with Gasteiger partial charge in [-0.3, -0.25) is 34.9 Å². The molecular weight excluding hydrogens is 466 g/mol. The molecule has 0 aromatic carbocycles. The number of carbonyl (C=O) groups is 4. The fraction of sp³-hybridized carbons (Fsp3) is 0.500. The molecule has 2 rings (SSSR count). The predicted octanol–water partition coefficient (Wildman–Crippen LogP) is 0.994. The first-order valence-corrected chi connectivity index (χ1v) is 11.1. The Morgan fingerprint density at radius 3 is 2.65 bits per heavy atom. The summed E-state index contributed by atoms with van der Waals surface area (Å²) in [7, 11) is 0. The highest BCUT2D eigenvalue weighted by Crippen LogP contribution is 2.15. The minimum Gasteiger partial charge on any atom is -0.444 e. The summed E-state index contributed by atoms with van der Waals surface area (Å²) in [5, 5.41) is 5.98. The van der Waals surface area contributed by atoms with Crippen molar-refractivity contribution in [2.24, 2.45) is 5.92 Å². The monoisotopic (exact) mass is 493 g/mol. The number of nitrogens with zero attached hydrogens (tertiary/aromatic N) is 2. The molecule has 11 nitrogen and oxygen atoms in total. The van der Waals surface area contributed by atoms with E-state index in [-0.39, 0.29) is 24.6 Å². The Kier molecular flexibility index (Phi) is 9.09. The molecule has 184 valence electrons. The second-order valence-corrected chi connectivity index (χ2v) is 8.84. The van der Waals surface area contributed by atoms with E-state index in [9.17, 15) is 24.0 Å². The fourth-order valence-electron chi connectivity index (χ4n) is 3.22. The van der Waals surface area contributed by atoms with Crippen LogP contribution < -0.4 is 21.6 Å². The molecule has 1 aromatic heterocycles. The summed E-state index contributed by atoms with van der Waals surface area (Å²) in [6, 6.07) is 1.60. The van der Waals surface area contributed by atoms with Crippen LogP contribution in [0.25, 0.3) is 0 Å². The van der Waals surface area contributed by atoms with Crippen LogP contribution in [0.4, 0.5) is 10.5 Å². The van der Waals surface area contributed by atoms with E-state index >= 15 is 0 Å². The van der Waals surface area contributed by atoms with Crippen molar-refractivity contribution < 1.29 is 23.9 Å². The first-order chi connectivity index (χ1) is 16.0. The quantitative estimate of drug-likeness (QED) is 0.294. The molecule has 1 aromatic rings. The third-order valence-corrected chi connectivity index (χ3v) is 5.01. The van der Waals surface area contributed by atoms with Crippen molar-refractivity contribution in [2.75, 3.05) is 24.3 Å². The van der Waals surface area contributed by atoms with Gasteiger partial charge in [0.15, 0.2) is 0 Å². The van der Waals surface area contributed by atoms with E-state index in [1.165, 1.54) is 18.3 Å². The van der Waals surface area contributed by atoms with Crippen LogP contribution in [0.3, 0.4) is 0 Å². The van der Waals surface area contributed by atoms with Crippen molar-refractivity contribution >= 4 is 41.1 Å². The number of hydrogen-bond acceptors (Lipinski definition) is 6. The van der Waals surface area contributed by atoms with E-state index in [1.807, 2.05) is 0 Å². The molecule has 2 atom stereocenters. The van der Waals surface area contributed by atoms with Crippen molar-refractivity contribution in [3.63, 3.8) is 0 Å². The average molecular weight is 494 g/mol. The summed E-state index contributed by atoms with van der Waals surface area (Å²) in [5.74, 6) is -0.221. The predicted molar refractivity (Wildman–Crippen MR) is 125 cm³/mol. The van der Waals surface area contributed by atoms with Crippen molar-refractivity contribution in [3.8, 4) is 12.3 Å². The molecule has 1 fully saturated rings. The van der Waals surface area contributed by atoms with Crippen LogP contribution in [0.2, 0.25) is 0 Å². The molecule has 1 aliphatic heterocycles. The molecule has 4 amide bonds. The Morgan fingerprint density at radius 1 is 1.38 bits per heavy atom. The number of amides is 4.